The molecule has 3 saturated carbocycles. The SMILES string of the molecule is CCOc1ccc(C(=O)Oc2ccc(OC(=O)c3ccc(OC(=O)OC4CC[C@@]5(C)C(C=CC6[C@H]7CC[C@@H](C(C)CCCC(C)C)[C@]7(C)CC[C@H]65)C4)cc3)cc2)cc1. The van der Waals surface area contributed by atoms with E-state index in [0.29, 0.717) is 46.8 Å². The van der Waals surface area contributed by atoms with Crippen molar-refractivity contribution in [1.82, 2.24) is 0 Å². The predicted octanol–water partition coefficient (Wildman–Crippen LogP) is 12.3. The summed E-state index contributed by atoms with van der Waals surface area (Å²) in [5, 5.41) is 0. The van der Waals surface area contributed by atoms with Crippen molar-refractivity contribution in [3.05, 3.63) is 96.1 Å². The van der Waals surface area contributed by atoms with Crippen LogP contribution in [-0.4, -0.2) is 30.8 Å². The lowest BCUT2D eigenvalue weighted by molar-refractivity contribution is -0.0852. The van der Waals surface area contributed by atoms with Crippen LogP contribution in [0.5, 0.6) is 23.0 Å². The van der Waals surface area contributed by atoms with Gasteiger partial charge in [0.25, 0.3) is 0 Å². The first-order chi connectivity index (χ1) is 27.9. The highest BCUT2D eigenvalue weighted by molar-refractivity contribution is 5.92. The van der Waals surface area contributed by atoms with E-state index in [1.807, 2.05) is 6.92 Å². The molecule has 8 nitrogen and oxygen atoms in total. The van der Waals surface area contributed by atoms with Gasteiger partial charge in [-0.2, -0.15) is 0 Å². The van der Waals surface area contributed by atoms with Gasteiger partial charge < -0.3 is 23.7 Å². The fourth-order valence-electron chi connectivity index (χ4n) is 11.4. The minimum atomic E-state index is -0.724. The Hall–Kier alpha value is -4.59. The van der Waals surface area contributed by atoms with Crippen LogP contribution in [0.4, 0.5) is 4.79 Å². The summed E-state index contributed by atoms with van der Waals surface area (Å²) in [6.07, 6.45) is 16.3. The van der Waals surface area contributed by atoms with Crippen LogP contribution in [0.3, 0.4) is 0 Å². The Morgan fingerprint density at radius 3 is 1.81 bits per heavy atom. The van der Waals surface area contributed by atoms with Crippen molar-refractivity contribution in [2.45, 2.75) is 112 Å². The molecule has 0 radical (unpaired) electrons. The van der Waals surface area contributed by atoms with Gasteiger partial charge in [-0.1, -0.05) is 66.0 Å². The second kappa shape index (κ2) is 17.7. The maximum absolute atomic E-state index is 13.0. The molecular weight excluding hydrogens is 729 g/mol. The van der Waals surface area contributed by atoms with E-state index < -0.39 is 18.1 Å². The Morgan fingerprint density at radius 2 is 1.21 bits per heavy atom. The molecule has 7 rings (SSSR count). The van der Waals surface area contributed by atoms with Crippen molar-refractivity contribution in [1.29, 1.82) is 0 Å². The maximum Gasteiger partial charge on any atom is 0.514 e. The van der Waals surface area contributed by atoms with E-state index in [0.717, 1.165) is 42.9 Å². The summed E-state index contributed by atoms with van der Waals surface area (Å²) in [7, 11) is 0. The first kappa shape index (κ1) is 41.6. The largest absolute Gasteiger partial charge is 0.514 e. The first-order valence-electron chi connectivity index (χ1n) is 21.8. The van der Waals surface area contributed by atoms with Crippen LogP contribution in [-0.2, 0) is 4.74 Å². The van der Waals surface area contributed by atoms with E-state index in [4.69, 9.17) is 23.7 Å². The summed E-state index contributed by atoms with van der Waals surface area (Å²) in [5.74, 6) is 5.40. The van der Waals surface area contributed by atoms with E-state index in [1.54, 1.807) is 72.8 Å². The van der Waals surface area contributed by atoms with E-state index in [1.165, 1.54) is 44.9 Å². The lowest BCUT2D eigenvalue weighted by Gasteiger charge is -2.59. The normalized spacial score (nSPS) is 29.0. The maximum atomic E-state index is 13.0. The third-order valence-electron chi connectivity index (χ3n) is 14.5. The number of fused-ring (bicyclic) bond motifs is 5. The van der Waals surface area contributed by atoms with Gasteiger partial charge in [0.2, 0.25) is 0 Å². The molecule has 0 amide bonds. The molecule has 9 atom stereocenters. The molecule has 3 aromatic rings. The molecule has 0 bridgehead atoms. The van der Waals surface area contributed by atoms with Crippen molar-refractivity contribution in [2.24, 2.45) is 52.3 Å². The molecule has 0 aliphatic heterocycles. The minimum absolute atomic E-state index is 0.195. The molecule has 3 fully saturated rings. The molecule has 0 spiro atoms. The van der Waals surface area contributed by atoms with Gasteiger partial charge in [-0.15, -0.1) is 0 Å². The number of esters is 2. The Balaban J connectivity index is 0.873. The van der Waals surface area contributed by atoms with E-state index in [9.17, 15) is 14.4 Å². The molecule has 0 N–H and O–H groups in total. The second-order valence-electron chi connectivity index (χ2n) is 18.4. The molecule has 0 heterocycles. The van der Waals surface area contributed by atoms with E-state index in [-0.39, 0.29) is 28.6 Å². The molecule has 4 unspecified atom stereocenters. The molecule has 58 heavy (non-hydrogen) atoms. The van der Waals surface area contributed by atoms with Gasteiger partial charge in [0.15, 0.2) is 0 Å². The standard InChI is InChI=1S/C50H62O8/c1-7-54-37-16-11-34(12-17-37)46(51)55-38-20-22-39(23-21-38)56-47(52)35-13-18-40(19-14-35)57-48(53)58-41-27-29-49(5)36(31-41)15-24-42-44-26-25-43(33(4)10-8-9-32(2)3)50(44,6)30-28-45(42)49/h11-24,32-33,36,41-45H,7-10,25-31H2,1-6H3/t33?,36?,41?,42?,43-,44+,45+,49-,50-/m0/s1. The summed E-state index contributed by atoms with van der Waals surface area (Å²) in [6, 6.07) is 19.1. The number of allylic oxidation sites excluding steroid dienone is 2. The zero-order valence-electron chi connectivity index (χ0n) is 35.2. The average molecular weight is 791 g/mol. The van der Waals surface area contributed by atoms with Gasteiger partial charge in [0.1, 0.15) is 29.1 Å². The van der Waals surface area contributed by atoms with Crippen LogP contribution >= 0.6 is 0 Å². The predicted molar refractivity (Wildman–Crippen MR) is 224 cm³/mol. The van der Waals surface area contributed by atoms with Crippen LogP contribution in [0, 0.1) is 52.3 Å². The molecule has 0 aromatic heterocycles. The quantitative estimate of drug-likeness (QED) is 0.0731. The summed E-state index contributed by atoms with van der Waals surface area (Å²) >= 11 is 0. The zero-order chi connectivity index (χ0) is 41.0. The van der Waals surface area contributed by atoms with Gasteiger partial charge in [-0.3, -0.25) is 0 Å². The van der Waals surface area contributed by atoms with E-state index in [2.05, 4.69) is 46.8 Å². The third kappa shape index (κ3) is 9.01. The summed E-state index contributed by atoms with van der Waals surface area (Å²) < 4.78 is 27.8. The van der Waals surface area contributed by atoms with Gasteiger partial charge >= 0.3 is 18.1 Å². The number of benzene rings is 3. The van der Waals surface area contributed by atoms with Gasteiger partial charge in [0, 0.05) is 0 Å². The Kier molecular flexibility index (Phi) is 12.7. The number of carbonyl (C=O) groups is 3. The zero-order valence-corrected chi connectivity index (χ0v) is 35.2. The number of hydrogen-bond acceptors (Lipinski definition) is 8. The van der Waals surface area contributed by atoms with Crippen LogP contribution in [0.1, 0.15) is 126 Å². The van der Waals surface area contributed by atoms with Gasteiger partial charge in [-0.25, -0.2) is 14.4 Å². The summed E-state index contributed by atoms with van der Waals surface area (Å²) in [6.45, 7) is 14.8. The number of ether oxygens (including phenoxy) is 5. The van der Waals surface area contributed by atoms with Crippen LogP contribution in [0.15, 0.2) is 84.9 Å². The number of carbonyl (C=O) groups excluding carboxylic acids is 3. The van der Waals surface area contributed by atoms with Crippen molar-refractivity contribution in [3.8, 4) is 23.0 Å². The van der Waals surface area contributed by atoms with Crippen LogP contribution in [0.25, 0.3) is 0 Å². The highest BCUT2D eigenvalue weighted by Crippen LogP contribution is 2.67. The van der Waals surface area contributed by atoms with Gasteiger partial charge in [-0.05, 0) is 177 Å². The fraction of sp³-hybridized carbons (Fsp3) is 0.540. The first-order valence-corrected chi connectivity index (χ1v) is 21.8. The second-order valence-corrected chi connectivity index (χ2v) is 18.4. The molecular formula is C50H62O8. The fourth-order valence-corrected chi connectivity index (χ4v) is 11.4. The number of hydrogen-bond donors (Lipinski definition) is 0. The van der Waals surface area contributed by atoms with Crippen molar-refractivity contribution in [2.75, 3.05) is 6.61 Å². The monoisotopic (exact) mass is 790 g/mol. The summed E-state index contributed by atoms with van der Waals surface area (Å²) in [4.78, 5) is 38.4. The molecule has 4 aliphatic carbocycles. The van der Waals surface area contributed by atoms with Crippen molar-refractivity contribution >= 4 is 18.1 Å². The topological polar surface area (TPSA) is 97.4 Å². The smallest absolute Gasteiger partial charge is 0.494 e. The Labute approximate surface area is 345 Å². The van der Waals surface area contributed by atoms with Crippen LogP contribution < -0.4 is 18.9 Å². The molecule has 8 heteroatoms. The molecule has 3 aromatic carbocycles. The lowest BCUT2D eigenvalue weighted by atomic mass is 9.46. The minimum Gasteiger partial charge on any atom is -0.494 e. The average Bonchev–Trinajstić information content (AvgIpc) is 3.56. The number of rotatable bonds is 13. The highest BCUT2D eigenvalue weighted by atomic mass is 16.7. The molecule has 4 aliphatic rings. The van der Waals surface area contributed by atoms with Crippen molar-refractivity contribution < 1.29 is 38.1 Å². The molecule has 0 saturated heterocycles. The van der Waals surface area contributed by atoms with Crippen molar-refractivity contribution in [3.63, 3.8) is 0 Å². The third-order valence-corrected chi connectivity index (χ3v) is 14.5. The Bertz CT molecular complexity index is 1920. The highest BCUT2D eigenvalue weighted by Gasteiger charge is 2.59. The Morgan fingerprint density at radius 1 is 0.655 bits per heavy atom. The summed E-state index contributed by atoms with van der Waals surface area (Å²) in [5.41, 5.74) is 1.34. The van der Waals surface area contributed by atoms with Crippen LogP contribution in [0.2, 0.25) is 0 Å². The van der Waals surface area contributed by atoms with Gasteiger partial charge in [0.05, 0.1) is 17.7 Å². The lowest BCUT2D eigenvalue weighted by Crippen LogP contribution is -2.52. The van der Waals surface area contributed by atoms with E-state index >= 15 is 0 Å². The molecule has 310 valence electrons.